The molecule has 0 heterocycles. The van der Waals surface area contributed by atoms with E-state index in [4.69, 9.17) is 4.74 Å². The molecule has 1 unspecified atom stereocenters. The van der Waals surface area contributed by atoms with E-state index in [0.717, 1.165) is 19.1 Å². The predicted molar refractivity (Wildman–Crippen MR) is 68.3 cm³/mol. The van der Waals surface area contributed by atoms with Crippen LogP contribution in [0.4, 0.5) is 0 Å². The molecule has 1 atom stereocenters. The lowest BCUT2D eigenvalue weighted by Gasteiger charge is -2.16. The van der Waals surface area contributed by atoms with E-state index in [0.29, 0.717) is 0 Å². The van der Waals surface area contributed by atoms with Crippen LogP contribution in [0.3, 0.4) is 0 Å². The second-order valence-electron chi connectivity index (χ2n) is 4.52. The minimum absolute atomic E-state index is 0.821. The minimum atomic E-state index is 0.821. The summed E-state index contributed by atoms with van der Waals surface area (Å²) in [5.41, 5.74) is 0. The van der Waals surface area contributed by atoms with Crippen molar-refractivity contribution in [2.75, 3.05) is 13.2 Å². The molecule has 0 radical (unpaired) electrons. The van der Waals surface area contributed by atoms with Crippen molar-refractivity contribution in [3.63, 3.8) is 0 Å². The van der Waals surface area contributed by atoms with Crippen LogP contribution in [0.25, 0.3) is 0 Å². The lowest BCUT2D eigenvalue weighted by molar-refractivity contribution is 0.101. The molecule has 0 bridgehead atoms. The third kappa shape index (κ3) is 10.2. The second-order valence-corrected chi connectivity index (χ2v) is 4.52. The average Bonchev–Trinajstić information content (AvgIpc) is 2.27. The maximum atomic E-state index is 5.55. The van der Waals surface area contributed by atoms with Crippen LogP contribution < -0.4 is 0 Å². The Balaban J connectivity index is 3.49. The first-order valence-electron chi connectivity index (χ1n) is 6.92. The van der Waals surface area contributed by atoms with Crippen LogP contribution in [0.15, 0.2) is 0 Å². The van der Waals surface area contributed by atoms with Gasteiger partial charge in [-0.25, -0.2) is 0 Å². The van der Waals surface area contributed by atoms with Crippen LogP contribution >= 0.6 is 0 Å². The summed E-state index contributed by atoms with van der Waals surface area (Å²) in [5.74, 6) is 0.821. The Kier molecular flexibility index (Phi) is 12.0. The van der Waals surface area contributed by atoms with Gasteiger partial charge >= 0.3 is 0 Å². The van der Waals surface area contributed by atoms with Crippen LogP contribution in [0, 0.1) is 5.92 Å². The van der Waals surface area contributed by atoms with Crippen LogP contribution in [-0.2, 0) is 4.74 Å². The molecule has 0 aliphatic carbocycles. The lowest BCUT2D eigenvalue weighted by Crippen LogP contribution is -2.09. The largest absolute Gasteiger partial charge is 0.381 e. The standard InChI is InChI=1S/C14H30O/c1-4-7-9-10-12-14(11-8-5-2)13-15-6-3/h14H,4-13H2,1-3H3. The Hall–Kier alpha value is -0.0400. The van der Waals surface area contributed by atoms with E-state index in [2.05, 4.69) is 20.8 Å². The van der Waals surface area contributed by atoms with Crippen molar-refractivity contribution < 1.29 is 4.74 Å². The Bertz CT molecular complexity index is 104. The van der Waals surface area contributed by atoms with Gasteiger partial charge in [-0.2, -0.15) is 0 Å². The van der Waals surface area contributed by atoms with Gasteiger partial charge in [0, 0.05) is 13.2 Å². The topological polar surface area (TPSA) is 9.23 Å². The number of hydrogen-bond acceptors (Lipinski definition) is 1. The third-order valence-corrected chi connectivity index (χ3v) is 2.99. The molecule has 0 aliphatic heterocycles. The van der Waals surface area contributed by atoms with Gasteiger partial charge < -0.3 is 4.74 Å². The number of hydrogen-bond donors (Lipinski definition) is 0. The molecule has 0 rings (SSSR count). The molecule has 0 N–H and O–H groups in total. The highest BCUT2D eigenvalue weighted by Gasteiger charge is 2.07. The number of ether oxygens (including phenoxy) is 1. The van der Waals surface area contributed by atoms with Crippen LogP contribution in [-0.4, -0.2) is 13.2 Å². The fraction of sp³-hybridized carbons (Fsp3) is 1.00. The Morgan fingerprint density at radius 2 is 1.47 bits per heavy atom. The Morgan fingerprint density at radius 1 is 0.800 bits per heavy atom. The predicted octanol–water partition coefficient (Wildman–Crippen LogP) is 4.80. The highest BCUT2D eigenvalue weighted by Crippen LogP contribution is 2.17. The maximum Gasteiger partial charge on any atom is 0.0494 e. The monoisotopic (exact) mass is 214 g/mol. The lowest BCUT2D eigenvalue weighted by atomic mass is 9.96. The highest BCUT2D eigenvalue weighted by atomic mass is 16.5. The molecule has 0 spiro atoms. The first-order valence-corrected chi connectivity index (χ1v) is 6.92. The molecule has 0 saturated heterocycles. The molecule has 92 valence electrons. The van der Waals surface area contributed by atoms with Gasteiger partial charge in [0.1, 0.15) is 0 Å². The van der Waals surface area contributed by atoms with Gasteiger partial charge in [0.25, 0.3) is 0 Å². The van der Waals surface area contributed by atoms with Gasteiger partial charge in [-0.05, 0) is 25.7 Å². The van der Waals surface area contributed by atoms with Crippen molar-refractivity contribution in [2.45, 2.75) is 72.1 Å². The SMILES string of the molecule is CCCCCCC(CCCC)COCC. The molecule has 0 aromatic rings. The quantitative estimate of drug-likeness (QED) is 0.449. The summed E-state index contributed by atoms with van der Waals surface area (Å²) >= 11 is 0. The summed E-state index contributed by atoms with van der Waals surface area (Å²) in [5, 5.41) is 0. The van der Waals surface area contributed by atoms with E-state index in [1.54, 1.807) is 0 Å². The summed E-state index contributed by atoms with van der Waals surface area (Å²) in [6, 6.07) is 0. The molecular formula is C14H30O. The van der Waals surface area contributed by atoms with Crippen molar-refractivity contribution in [2.24, 2.45) is 5.92 Å². The van der Waals surface area contributed by atoms with E-state index >= 15 is 0 Å². The van der Waals surface area contributed by atoms with E-state index in [1.165, 1.54) is 51.4 Å². The Labute approximate surface area is 96.6 Å². The first kappa shape index (κ1) is 15.0. The average molecular weight is 214 g/mol. The zero-order valence-electron chi connectivity index (χ0n) is 11.1. The van der Waals surface area contributed by atoms with Crippen molar-refractivity contribution in [3.05, 3.63) is 0 Å². The van der Waals surface area contributed by atoms with E-state index in [1.807, 2.05) is 0 Å². The molecule has 0 saturated carbocycles. The number of unbranched alkanes of at least 4 members (excludes halogenated alkanes) is 4. The molecule has 0 fully saturated rings. The second kappa shape index (κ2) is 12.0. The van der Waals surface area contributed by atoms with E-state index in [-0.39, 0.29) is 0 Å². The van der Waals surface area contributed by atoms with Gasteiger partial charge in [-0.3, -0.25) is 0 Å². The highest BCUT2D eigenvalue weighted by molar-refractivity contribution is 4.59. The third-order valence-electron chi connectivity index (χ3n) is 2.99. The van der Waals surface area contributed by atoms with Gasteiger partial charge in [0.2, 0.25) is 0 Å². The summed E-state index contributed by atoms with van der Waals surface area (Å²) in [6.45, 7) is 8.50. The molecule has 15 heavy (non-hydrogen) atoms. The van der Waals surface area contributed by atoms with Crippen LogP contribution in [0.2, 0.25) is 0 Å². The molecule has 0 aromatic carbocycles. The van der Waals surface area contributed by atoms with Crippen LogP contribution in [0.5, 0.6) is 0 Å². The zero-order chi connectivity index (χ0) is 11.4. The fourth-order valence-electron chi connectivity index (χ4n) is 1.95. The maximum absolute atomic E-state index is 5.55. The van der Waals surface area contributed by atoms with Gasteiger partial charge in [-0.15, -0.1) is 0 Å². The molecule has 0 aromatic heterocycles. The smallest absolute Gasteiger partial charge is 0.0494 e. The van der Waals surface area contributed by atoms with Crippen LogP contribution in [0.1, 0.15) is 72.1 Å². The minimum Gasteiger partial charge on any atom is -0.381 e. The fourth-order valence-corrected chi connectivity index (χ4v) is 1.95. The van der Waals surface area contributed by atoms with Crippen molar-refractivity contribution in [1.82, 2.24) is 0 Å². The first-order chi connectivity index (χ1) is 7.35. The summed E-state index contributed by atoms with van der Waals surface area (Å²) in [6.07, 6.45) is 11.0. The molecule has 1 heteroatoms. The van der Waals surface area contributed by atoms with Gasteiger partial charge in [0.15, 0.2) is 0 Å². The van der Waals surface area contributed by atoms with Crippen molar-refractivity contribution in [3.8, 4) is 0 Å². The van der Waals surface area contributed by atoms with Gasteiger partial charge in [0.05, 0.1) is 0 Å². The molecular weight excluding hydrogens is 184 g/mol. The number of rotatable bonds is 11. The molecule has 0 amide bonds. The normalized spacial score (nSPS) is 13.0. The zero-order valence-corrected chi connectivity index (χ0v) is 11.1. The summed E-state index contributed by atoms with van der Waals surface area (Å²) < 4.78 is 5.55. The van der Waals surface area contributed by atoms with Gasteiger partial charge in [-0.1, -0.05) is 52.4 Å². The van der Waals surface area contributed by atoms with E-state index in [9.17, 15) is 0 Å². The van der Waals surface area contributed by atoms with Crippen molar-refractivity contribution in [1.29, 1.82) is 0 Å². The molecule has 0 aliphatic rings. The van der Waals surface area contributed by atoms with E-state index < -0.39 is 0 Å². The summed E-state index contributed by atoms with van der Waals surface area (Å²) in [4.78, 5) is 0. The summed E-state index contributed by atoms with van der Waals surface area (Å²) in [7, 11) is 0. The Morgan fingerprint density at radius 3 is 2.07 bits per heavy atom. The van der Waals surface area contributed by atoms with Crippen molar-refractivity contribution >= 4 is 0 Å². The molecule has 1 nitrogen and oxygen atoms in total.